The van der Waals surface area contributed by atoms with E-state index in [1.54, 1.807) is 0 Å². The summed E-state index contributed by atoms with van der Waals surface area (Å²) < 4.78 is 60.4. The van der Waals surface area contributed by atoms with Crippen LogP contribution >= 0.6 is 15.9 Å². The number of hydrogen-bond acceptors (Lipinski definition) is 3. The second kappa shape index (κ2) is 8.24. The number of anilines is 1. The lowest BCUT2D eigenvalue weighted by atomic mass is 10.2. The van der Waals surface area contributed by atoms with E-state index in [-0.39, 0.29) is 15.9 Å². The van der Waals surface area contributed by atoms with Crippen molar-refractivity contribution < 1.29 is 31.9 Å². The van der Waals surface area contributed by atoms with Gasteiger partial charge in [0.05, 0.1) is 0 Å². The van der Waals surface area contributed by atoms with Gasteiger partial charge in [0.1, 0.15) is 46.2 Å². The van der Waals surface area contributed by atoms with E-state index in [0.717, 1.165) is 40.1 Å². The molecule has 1 unspecified atom stereocenters. The van der Waals surface area contributed by atoms with Crippen molar-refractivity contribution in [2.24, 2.45) is 0 Å². The molecule has 5 nitrogen and oxygen atoms in total. The van der Waals surface area contributed by atoms with Crippen molar-refractivity contribution in [3.8, 4) is 0 Å². The summed E-state index contributed by atoms with van der Waals surface area (Å²) in [5, 5.41) is 0. The maximum absolute atomic E-state index is 14.2. The van der Waals surface area contributed by atoms with Gasteiger partial charge in [0.25, 0.3) is 5.91 Å². The van der Waals surface area contributed by atoms with Gasteiger partial charge in [0, 0.05) is 11.6 Å². The Balaban J connectivity index is 1.97. The van der Waals surface area contributed by atoms with Crippen LogP contribution in [0.2, 0.25) is 0 Å². The second-order valence-corrected chi connectivity index (χ2v) is 6.83. The molecule has 0 bridgehead atoms. The Morgan fingerprint density at radius 3 is 2.34 bits per heavy atom. The molecule has 1 atom stereocenters. The topological polar surface area (TPSA) is 49.9 Å². The zero-order valence-corrected chi connectivity index (χ0v) is 16.4. The zero-order valence-electron chi connectivity index (χ0n) is 14.8. The molecule has 2 amide bonds. The van der Waals surface area contributed by atoms with Crippen molar-refractivity contribution in [1.29, 1.82) is 0 Å². The summed E-state index contributed by atoms with van der Waals surface area (Å²) in [4.78, 5) is 26.1. The lowest BCUT2D eigenvalue weighted by Crippen LogP contribution is -2.54. The molecule has 0 spiro atoms. The first-order valence-electron chi connectivity index (χ1n) is 8.24. The summed E-state index contributed by atoms with van der Waals surface area (Å²) in [5.41, 5.74) is -0.648. The van der Waals surface area contributed by atoms with E-state index in [0.29, 0.717) is 12.5 Å². The largest absolute Gasteiger partial charge is 0.473 e. The summed E-state index contributed by atoms with van der Waals surface area (Å²) in [6, 6.07) is 5.94. The molecule has 2 aromatic rings. The van der Waals surface area contributed by atoms with Gasteiger partial charge in [0.15, 0.2) is 0 Å². The van der Waals surface area contributed by atoms with E-state index in [2.05, 4.69) is 15.9 Å². The van der Waals surface area contributed by atoms with Crippen LogP contribution in [0.4, 0.5) is 23.2 Å². The van der Waals surface area contributed by atoms with Crippen molar-refractivity contribution in [2.45, 2.75) is 19.7 Å². The van der Waals surface area contributed by atoms with E-state index in [1.165, 1.54) is 6.92 Å². The number of amides is 2. The van der Waals surface area contributed by atoms with E-state index in [1.807, 2.05) is 0 Å². The summed E-state index contributed by atoms with van der Waals surface area (Å²) in [6.45, 7) is 0.939. The Kier molecular flexibility index (Phi) is 5.92. The average molecular weight is 473 g/mol. The molecule has 1 aliphatic heterocycles. The summed E-state index contributed by atoms with van der Waals surface area (Å²) >= 11 is 2.98. The van der Waals surface area contributed by atoms with Gasteiger partial charge in [-0.1, -0.05) is 6.07 Å². The van der Waals surface area contributed by atoms with E-state index >= 15 is 0 Å². The van der Waals surface area contributed by atoms with Gasteiger partial charge in [0.2, 0.25) is 12.3 Å². The predicted octanol–water partition coefficient (Wildman–Crippen LogP) is 4.17. The lowest BCUT2D eigenvalue weighted by molar-refractivity contribution is -0.125. The Labute approximate surface area is 171 Å². The SMILES string of the molecule is CC1N(C=O)C(OCc2ccc(F)cc2F)=C(Br)C(=O)N1c1c(F)cccc1F. The van der Waals surface area contributed by atoms with Crippen LogP contribution in [-0.2, 0) is 20.9 Å². The van der Waals surface area contributed by atoms with Crippen LogP contribution < -0.4 is 4.90 Å². The van der Waals surface area contributed by atoms with Crippen LogP contribution in [0.3, 0.4) is 0 Å². The van der Waals surface area contributed by atoms with Crippen molar-refractivity contribution in [3.05, 3.63) is 75.6 Å². The van der Waals surface area contributed by atoms with Gasteiger partial charge in [-0.2, -0.15) is 0 Å². The monoisotopic (exact) mass is 472 g/mol. The molecule has 0 radical (unpaired) electrons. The van der Waals surface area contributed by atoms with Gasteiger partial charge in [-0.05, 0) is 47.1 Å². The fourth-order valence-electron chi connectivity index (χ4n) is 2.84. The van der Waals surface area contributed by atoms with E-state index in [4.69, 9.17) is 4.74 Å². The van der Waals surface area contributed by atoms with Crippen LogP contribution in [-0.4, -0.2) is 23.4 Å². The van der Waals surface area contributed by atoms with Gasteiger partial charge in [-0.25, -0.2) is 17.6 Å². The number of benzene rings is 2. The molecule has 0 fully saturated rings. The quantitative estimate of drug-likeness (QED) is 0.484. The highest BCUT2D eigenvalue weighted by Crippen LogP contribution is 2.35. The lowest BCUT2D eigenvalue weighted by Gasteiger charge is -2.40. The van der Waals surface area contributed by atoms with Gasteiger partial charge in [-0.3, -0.25) is 19.4 Å². The van der Waals surface area contributed by atoms with Gasteiger partial charge >= 0.3 is 0 Å². The number of carbonyl (C=O) groups is 2. The minimum absolute atomic E-state index is 0.0206. The number of nitrogens with zero attached hydrogens (tertiary/aromatic N) is 2. The Bertz CT molecular complexity index is 995. The first-order valence-corrected chi connectivity index (χ1v) is 9.03. The van der Waals surface area contributed by atoms with Crippen LogP contribution in [0.1, 0.15) is 12.5 Å². The van der Waals surface area contributed by atoms with Crippen molar-refractivity contribution in [3.63, 3.8) is 0 Å². The van der Waals surface area contributed by atoms with Crippen LogP contribution in [0.25, 0.3) is 0 Å². The molecule has 0 saturated carbocycles. The molecule has 3 rings (SSSR count). The number of ether oxygens (including phenoxy) is 1. The molecule has 0 saturated heterocycles. The molecule has 152 valence electrons. The number of rotatable bonds is 5. The number of para-hydroxylation sites is 1. The highest BCUT2D eigenvalue weighted by atomic mass is 79.9. The number of halogens is 5. The molecule has 29 heavy (non-hydrogen) atoms. The third-order valence-electron chi connectivity index (χ3n) is 4.28. The van der Waals surface area contributed by atoms with Gasteiger partial charge in [-0.15, -0.1) is 0 Å². The minimum Gasteiger partial charge on any atom is -0.473 e. The number of hydrogen-bond donors (Lipinski definition) is 0. The molecule has 0 aliphatic carbocycles. The highest BCUT2D eigenvalue weighted by molar-refractivity contribution is 9.12. The van der Waals surface area contributed by atoms with E-state index < -0.39 is 47.6 Å². The molecule has 0 N–H and O–H groups in total. The fourth-order valence-corrected chi connectivity index (χ4v) is 3.35. The molecule has 10 heteroatoms. The standard InChI is InChI=1S/C19H13BrF4N2O3/c1-10-25(9-27)19(29-8-11-5-6-12(21)7-15(11)24)16(20)18(28)26(10)17-13(22)3-2-4-14(17)23/h2-7,9-10H,8H2,1H3. The maximum atomic E-state index is 14.2. The maximum Gasteiger partial charge on any atom is 0.272 e. The summed E-state index contributed by atoms with van der Waals surface area (Å²) in [6.07, 6.45) is -0.846. The Hall–Kier alpha value is -2.88. The van der Waals surface area contributed by atoms with Crippen LogP contribution in [0.15, 0.2) is 46.8 Å². The Morgan fingerprint density at radius 2 is 1.76 bits per heavy atom. The molecule has 0 aromatic heterocycles. The molecule has 1 aliphatic rings. The van der Waals surface area contributed by atoms with Crippen molar-refractivity contribution in [2.75, 3.05) is 4.90 Å². The van der Waals surface area contributed by atoms with E-state index in [9.17, 15) is 27.2 Å². The van der Waals surface area contributed by atoms with Crippen molar-refractivity contribution >= 4 is 33.9 Å². The van der Waals surface area contributed by atoms with Crippen LogP contribution in [0.5, 0.6) is 0 Å². The summed E-state index contributed by atoms with van der Waals surface area (Å²) in [7, 11) is 0. The first kappa shape index (κ1) is 20.8. The predicted molar refractivity (Wildman–Crippen MR) is 98.3 cm³/mol. The van der Waals surface area contributed by atoms with Crippen molar-refractivity contribution in [1.82, 2.24) is 4.90 Å². The molecular weight excluding hydrogens is 460 g/mol. The minimum atomic E-state index is -1.15. The smallest absolute Gasteiger partial charge is 0.272 e. The fraction of sp³-hybridized carbons (Fsp3) is 0.158. The third kappa shape index (κ3) is 3.84. The van der Waals surface area contributed by atoms with Gasteiger partial charge < -0.3 is 4.74 Å². The normalized spacial score (nSPS) is 17.0. The Morgan fingerprint density at radius 1 is 1.10 bits per heavy atom. The zero-order chi connectivity index (χ0) is 21.3. The van der Waals surface area contributed by atoms with Crippen LogP contribution in [0, 0.1) is 23.3 Å². The first-order chi connectivity index (χ1) is 13.8. The second-order valence-electron chi connectivity index (χ2n) is 6.03. The molecule has 2 aromatic carbocycles. The molecular formula is C19H13BrF4N2O3. The molecule has 1 heterocycles. The summed E-state index contributed by atoms with van der Waals surface area (Å²) in [5.74, 6) is -4.76. The average Bonchev–Trinajstić information content (AvgIpc) is 2.67. The highest BCUT2D eigenvalue weighted by Gasteiger charge is 2.40. The third-order valence-corrected chi connectivity index (χ3v) is 4.95. The number of carbonyl (C=O) groups excluding carboxylic acids is 2.